The van der Waals surface area contributed by atoms with E-state index in [-0.39, 0.29) is 5.78 Å². The van der Waals surface area contributed by atoms with Gasteiger partial charge in [-0.05, 0) is 6.92 Å². The Labute approximate surface area is 66.5 Å². The van der Waals surface area contributed by atoms with Crippen LogP contribution in [-0.2, 0) is 0 Å². The second-order valence-corrected chi connectivity index (χ2v) is 2.41. The summed E-state index contributed by atoms with van der Waals surface area (Å²) in [4.78, 5) is 10.9. The van der Waals surface area contributed by atoms with E-state index in [0.29, 0.717) is 16.7 Å². The van der Waals surface area contributed by atoms with Gasteiger partial charge < -0.3 is 4.52 Å². The molecule has 0 saturated carbocycles. The van der Waals surface area contributed by atoms with Gasteiger partial charge in [-0.3, -0.25) is 4.79 Å². The van der Waals surface area contributed by atoms with Crippen LogP contribution in [0.4, 0.5) is 0 Å². The molecule has 10 heavy (non-hydrogen) atoms. The Balaban J connectivity index is 2.93. The van der Waals surface area contributed by atoms with Crippen LogP contribution in [0.2, 0.25) is 0 Å². The van der Waals surface area contributed by atoms with E-state index in [1.165, 1.54) is 6.20 Å². The number of hydrogen-bond donors (Lipinski definition) is 0. The molecule has 0 fully saturated rings. The molecule has 0 N–H and O–H groups in total. The van der Waals surface area contributed by atoms with Crippen LogP contribution >= 0.6 is 15.9 Å². The summed E-state index contributed by atoms with van der Waals surface area (Å²) in [5.41, 5.74) is 0.553. The Morgan fingerprint density at radius 1 is 1.90 bits per heavy atom. The van der Waals surface area contributed by atoms with Crippen LogP contribution in [0, 0.1) is 6.92 Å². The second-order valence-electron chi connectivity index (χ2n) is 1.85. The number of halogens is 1. The first-order valence-electron chi connectivity index (χ1n) is 2.76. The molecule has 1 aromatic rings. The second kappa shape index (κ2) is 2.96. The van der Waals surface area contributed by atoms with Crippen molar-refractivity contribution in [3.8, 4) is 0 Å². The largest absolute Gasteiger partial charge is 0.361 e. The highest BCUT2D eigenvalue weighted by Gasteiger charge is 2.09. The Kier molecular flexibility index (Phi) is 2.21. The van der Waals surface area contributed by atoms with Gasteiger partial charge in [-0.15, -0.1) is 0 Å². The van der Waals surface area contributed by atoms with Gasteiger partial charge in [-0.2, -0.15) is 0 Å². The molecule has 0 unspecified atom stereocenters. The van der Waals surface area contributed by atoms with Gasteiger partial charge in [0.2, 0.25) is 0 Å². The maximum Gasteiger partial charge on any atom is 0.178 e. The number of carbonyl (C=O) groups excluding carboxylic acids is 1. The van der Waals surface area contributed by atoms with E-state index in [0.717, 1.165) is 0 Å². The van der Waals surface area contributed by atoms with Gasteiger partial charge in [-0.1, -0.05) is 21.1 Å². The third-order valence-corrected chi connectivity index (χ3v) is 1.68. The molecule has 0 bridgehead atoms. The van der Waals surface area contributed by atoms with E-state index in [9.17, 15) is 4.79 Å². The fourth-order valence-corrected chi connectivity index (χ4v) is 0.941. The van der Waals surface area contributed by atoms with Crippen molar-refractivity contribution >= 4 is 21.7 Å². The van der Waals surface area contributed by atoms with Gasteiger partial charge in [0.1, 0.15) is 5.76 Å². The summed E-state index contributed by atoms with van der Waals surface area (Å²) < 4.78 is 4.70. The van der Waals surface area contributed by atoms with Crippen molar-refractivity contribution in [3.63, 3.8) is 0 Å². The summed E-state index contributed by atoms with van der Waals surface area (Å²) in [6, 6.07) is 0. The predicted octanol–water partition coefficient (Wildman–Crippen LogP) is 1.56. The SMILES string of the molecule is Cc1oncc1C(=O)CBr. The molecular formula is C6H6BrNO2. The van der Waals surface area contributed by atoms with Crippen LogP contribution in [0.25, 0.3) is 0 Å². The van der Waals surface area contributed by atoms with Gasteiger partial charge in [-0.25, -0.2) is 0 Å². The number of nitrogens with zero attached hydrogens (tertiary/aromatic N) is 1. The molecule has 0 aliphatic carbocycles. The number of hydrogen-bond acceptors (Lipinski definition) is 3. The monoisotopic (exact) mass is 203 g/mol. The molecule has 0 atom stereocenters. The number of Topliss-reactive ketones (excluding diaryl/α,β-unsaturated/α-hetero) is 1. The molecule has 0 radical (unpaired) electrons. The number of ketones is 1. The molecule has 1 heterocycles. The zero-order valence-corrected chi connectivity index (χ0v) is 7.01. The average Bonchev–Trinajstić information content (AvgIpc) is 2.34. The first-order valence-corrected chi connectivity index (χ1v) is 3.88. The molecule has 3 nitrogen and oxygen atoms in total. The molecular weight excluding hydrogens is 198 g/mol. The molecule has 4 heteroatoms. The summed E-state index contributed by atoms with van der Waals surface area (Å²) in [6.07, 6.45) is 1.43. The highest BCUT2D eigenvalue weighted by atomic mass is 79.9. The maximum absolute atomic E-state index is 10.9. The molecule has 0 aliphatic heterocycles. The fourth-order valence-electron chi connectivity index (χ4n) is 0.639. The number of alkyl halides is 1. The van der Waals surface area contributed by atoms with E-state index in [1.54, 1.807) is 6.92 Å². The summed E-state index contributed by atoms with van der Waals surface area (Å²) in [6.45, 7) is 1.71. The number of carbonyl (C=O) groups is 1. The van der Waals surface area contributed by atoms with Gasteiger partial charge in [0.05, 0.1) is 17.1 Å². The number of aryl methyl sites for hydroxylation is 1. The Morgan fingerprint density at radius 2 is 2.60 bits per heavy atom. The van der Waals surface area contributed by atoms with Crippen LogP contribution in [0.3, 0.4) is 0 Å². The van der Waals surface area contributed by atoms with Crippen LogP contribution in [0.1, 0.15) is 16.1 Å². The van der Waals surface area contributed by atoms with Crippen molar-refractivity contribution in [1.29, 1.82) is 0 Å². The minimum Gasteiger partial charge on any atom is -0.361 e. The van der Waals surface area contributed by atoms with E-state index in [2.05, 4.69) is 21.1 Å². The lowest BCUT2D eigenvalue weighted by Gasteiger charge is -1.88. The lowest BCUT2D eigenvalue weighted by atomic mass is 10.2. The molecule has 1 rings (SSSR count). The van der Waals surface area contributed by atoms with Crippen LogP contribution in [0.15, 0.2) is 10.7 Å². The van der Waals surface area contributed by atoms with Crippen LogP contribution in [-0.4, -0.2) is 16.3 Å². The van der Waals surface area contributed by atoms with Crippen molar-refractivity contribution in [2.45, 2.75) is 6.92 Å². The molecule has 0 aromatic carbocycles. The minimum absolute atomic E-state index is 0.00116. The topological polar surface area (TPSA) is 43.1 Å². The zero-order chi connectivity index (χ0) is 7.56. The van der Waals surface area contributed by atoms with E-state index in [4.69, 9.17) is 4.52 Å². The van der Waals surface area contributed by atoms with Gasteiger partial charge in [0.25, 0.3) is 0 Å². The third-order valence-electron chi connectivity index (χ3n) is 1.17. The minimum atomic E-state index is -0.00116. The summed E-state index contributed by atoms with van der Waals surface area (Å²) in [5.74, 6) is 0.572. The molecule has 54 valence electrons. The first-order chi connectivity index (χ1) is 4.75. The van der Waals surface area contributed by atoms with E-state index >= 15 is 0 Å². The van der Waals surface area contributed by atoms with Crippen molar-refractivity contribution < 1.29 is 9.32 Å². The standard InChI is InChI=1S/C6H6BrNO2/c1-4-5(3-8-10-4)6(9)2-7/h3H,2H2,1H3. The summed E-state index contributed by atoms with van der Waals surface area (Å²) >= 11 is 3.05. The van der Waals surface area contributed by atoms with Gasteiger partial charge in [0.15, 0.2) is 5.78 Å². The number of rotatable bonds is 2. The van der Waals surface area contributed by atoms with Crippen molar-refractivity contribution in [3.05, 3.63) is 17.5 Å². The Hall–Kier alpha value is -0.640. The normalized spacial score (nSPS) is 9.80. The lowest BCUT2D eigenvalue weighted by Crippen LogP contribution is -1.99. The Bertz CT molecular complexity index is 244. The lowest BCUT2D eigenvalue weighted by molar-refractivity contribution is 0.102. The smallest absolute Gasteiger partial charge is 0.178 e. The number of aromatic nitrogens is 1. The average molecular weight is 204 g/mol. The van der Waals surface area contributed by atoms with Crippen LogP contribution in [0.5, 0.6) is 0 Å². The van der Waals surface area contributed by atoms with Crippen molar-refractivity contribution in [2.75, 3.05) is 5.33 Å². The maximum atomic E-state index is 10.9. The summed E-state index contributed by atoms with van der Waals surface area (Å²) in [5, 5.41) is 3.79. The van der Waals surface area contributed by atoms with Gasteiger partial charge >= 0.3 is 0 Å². The highest BCUT2D eigenvalue weighted by Crippen LogP contribution is 2.07. The molecule has 0 amide bonds. The zero-order valence-electron chi connectivity index (χ0n) is 5.43. The predicted molar refractivity (Wildman–Crippen MR) is 39.4 cm³/mol. The fraction of sp³-hybridized carbons (Fsp3) is 0.333. The Morgan fingerprint density at radius 3 is 3.00 bits per heavy atom. The molecule has 1 aromatic heterocycles. The van der Waals surface area contributed by atoms with Crippen molar-refractivity contribution in [1.82, 2.24) is 5.16 Å². The first kappa shape index (κ1) is 7.47. The van der Waals surface area contributed by atoms with Crippen molar-refractivity contribution in [2.24, 2.45) is 0 Å². The van der Waals surface area contributed by atoms with E-state index in [1.807, 2.05) is 0 Å². The van der Waals surface area contributed by atoms with Gasteiger partial charge in [0, 0.05) is 0 Å². The van der Waals surface area contributed by atoms with Crippen LogP contribution < -0.4 is 0 Å². The molecule has 0 aliphatic rings. The highest BCUT2D eigenvalue weighted by molar-refractivity contribution is 9.09. The van der Waals surface area contributed by atoms with E-state index < -0.39 is 0 Å². The third kappa shape index (κ3) is 1.26. The summed E-state index contributed by atoms with van der Waals surface area (Å²) in [7, 11) is 0. The quantitative estimate of drug-likeness (QED) is 0.542. The molecule has 0 saturated heterocycles. The molecule has 0 spiro atoms.